The van der Waals surface area contributed by atoms with Crippen molar-refractivity contribution >= 4 is 11.8 Å². The number of hydrogen-bond acceptors (Lipinski definition) is 15. The van der Waals surface area contributed by atoms with Crippen LogP contribution in [0, 0.1) is 23.7 Å². The number of rotatable bonds is 5. The van der Waals surface area contributed by atoms with E-state index < -0.39 is 107 Å². The molecular weight excluding hydrogens is 682 g/mol. The average molecular weight is 748 g/mol. The molecule has 302 valence electrons. The maximum Gasteiger partial charge on any atom is 0.314 e. The highest BCUT2D eigenvalue weighted by atomic mass is 16.9. The van der Waals surface area contributed by atoms with Gasteiger partial charge in [-0.15, -0.1) is 0 Å². The number of likely N-dealkylation sites (N-methyl/N-ethyl adjacent to an activating group) is 1. The normalized spacial score (nSPS) is 51.5. The van der Waals surface area contributed by atoms with E-state index in [0.717, 1.165) is 0 Å². The minimum atomic E-state index is -2.03. The number of cyclic esters (lactones) is 1. The number of carbonyl (C=O) groups is 2. The molecule has 0 saturated carbocycles. The molecule has 5 N–H and O–H groups in total. The molecule has 0 aliphatic carbocycles. The van der Waals surface area contributed by atoms with Gasteiger partial charge in [0.2, 0.25) is 0 Å². The van der Waals surface area contributed by atoms with Crippen molar-refractivity contribution in [2.45, 2.75) is 172 Å². The second-order valence-electron chi connectivity index (χ2n) is 16.8. The first kappa shape index (κ1) is 43.4. The molecule has 0 aromatic carbocycles. The molecule has 4 rings (SSSR count). The highest BCUT2D eigenvalue weighted by Gasteiger charge is 2.61. The Balaban J connectivity index is 1.86. The van der Waals surface area contributed by atoms with Gasteiger partial charge in [-0.2, -0.15) is 0 Å². The van der Waals surface area contributed by atoms with Crippen LogP contribution in [0.15, 0.2) is 0 Å². The summed E-state index contributed by atoms with van der Waals surface area (Å²) in [6.45, 7) is 14.3. The summed E-state index contributed by atoms with van der Waals surface area (Å²) in [6, 6.07) is -0.338. The Labute approximate surface area is 308 Å². The number of methoxy groups -OCH3 is 1. The van der Waals surface area contributed by atoms with E-state index in [1.165, 1.54) is 27.9 Å². The summed E-state index contributed by atoms with van der Waals surface area (Å²) >= 11 is 0. The predicted octanol–water partition coefficient (Wildman–Crippen LogP) is 1.12. The number of hydrogen-bond donors (Lipinski definition) is 5. The first-order chi connectivity index (χ1) is 23.9. The molecule has 4 saturated heterocycles. The maximum atomic E-state index is 14.2. The fourth-order valence-electron chi connectivity index (χ4n) is 8.87. The van der Waals surface area contributed by atoms with Gasteiger partial charge in [0.25, 0.3) is 5.97 Å². The zero-order chi connectivity index (χ0) is 39.3. The van der Waals surface area contributed by atoms with Crippen LogP contribution in [-0.2, 0) is 42.7 Å². The molecule has 0 unspecified atom stereocenters. The fraction of sp³-hybridized carbons (Fsp3) is 0.946. The number of ketones is 1. The molecule has 52 heavy (non-hydrogen) atoms. The van der Waals surface area contributed by atoms with Gasteiger partial charge in [0.15, 0.2) is 6.29 Å². The van der Waals surface area contributed by atoms with E-state index in [0.29, 0.717) is 6.42 Å². The number of fused-ring (bicyclic) bond motifs is 1. The first-order valence-corrected chi connectivity index (χ1v) is 18.7. The Morgan fingerprint density at radius 1 is 0.962 bits per heavy atom. The zero-order valence-corrected chi connectivity index (χ0v) is 33.0. The third-order valence-corrected chi connectivity index (χ3v) is 12.1. The second-order valence-corrected chi connectivity index (χ2v) is 16.8. The van der Waals surface area contributed by atoms with E-state index in [2.05, 4.69) is 0 Å². The van der Waals surface area contributed by atoms with Crippen LogP contribution in [0.2, 0.25) is 0 Å². The van der Waals surface area contributed by atoms with Crippen molar-refractivity contribution in [1.29, 1.82) is 0 Å². The van der Waals surface area contributed by atoms with Crippen LogP contribution in [0.25, 0.3) is 0 Å². The molecular formula is C37H65NO14. The summed E-state index contributed by atoms with van der Waals surface area (Å²) in [4.78, 5) is 30.0. The largest absolute Gasteiger partial charge is 0.459 e. The van der Waals surface area contributed by atoms with Crippen LogP contribution in [0.5, 0.6) is 0 Å². The van der Waals surface area contributed by atoms with E-state index in [4.69, 9.17) is 33.2 Å². The summed E-state index contributed by atoms with van der Waals surface area (Å²) in [5, 5.41) is 57.9. The number of nitrogens with zero attached hydrogens (tertiary/aromatic N) is 1. The molecule has 1 spiro atoms. The number of aliphatic hydroxyl groups is 5. The maximum absolute atomic E-state index is 14.2. The van der Waals surface area contributed by atoms with Crippen molar-refractivity contribution in [2.24, 2.45) is 23.7 Å². The van der Waals surface area contributed by atoms with Gasteiger partial charge >= 0.3 is 5.97 Å². The molecule has 4 aliphatic rings. The second kappa shape index (κ2) is 16.0. The standard InChI is InChI=1S/C37H65NO14/c1-13-25-36(9,45)29(41)20(4)26(39)18(2)15-34(7,44)31(50-33-27(40)24(38(10)11)14-19(3)48-33)21(5)28-23(32(43)49-25)16-47-37(52-28)17-35(8,46-12)30(42)22(6)51-37/h18-25,27-31,33,40-42,44-45H,13-17H2,1-12H3/t18-,19+,20+,21+,22-,23-,24-,25-,27+,28+,29-,30-,31-,33-,34-,35-,36-,37+/m1/s1. The fourth-order valence-corrected chi connectivity index (χ4v) is 8.87. The van der Waals surface area contributed by atoms with E-state index in [9.17, 15) is 35.1 Å². The van der Waals surface area contributed by atoms with Gasteiger partial charge in [0, 0.05) is 30.9 Å². The van der Waals surface area contributed by atoms with Gasteiger partial charge in [0.05, 0.1) is 49.1 Å². The highest BCUT2D eigenvalue weighted by molar-refractivity contribution is 5.83. The Kier molecular flexibility index (Phi) is 13.4. The van der Waals surface area contributed by atoms with Gasteiger partial charge in [-0.3, -0.25) is 9.59 Å². The van der Waals surface area contributed by atoms with Crippen LogP contribution in [0.3, 0.4) is 0 Å². The van der Waals surface area contributed by atoms with Gasteiger partial charge in [-0.1, -0.05) is 27.7 Å². The average Bonchev–Trinajstić information content (AvgIpc) is 3.07. The van der Waals surface area contributed by atoms with Crippen molar-refractivity contribution < 1.29 is 68.3 Å². The van der Waals surface area contributed by atoms with Crippen LogP contribution in [0.1, 0.15) is 88.0 Å². The minimum Gasteiger partial charge on any atom is -0.459 e. The quantitative estimate of drug-likeness (QED) is 0.250. The number of ether oxygens (including phenoxy) is 7. The molecule has 0 amide bonds. The Hall–Kier alpha value is -1.34. The molecule has 0 aromatic heterocycles. The lowest BCUT2D eigenvalue weighted by atomic mass is 9.73. The van der Waals surface area contributed by atoms with Gasteiger partial charge in [-0.25, -0.2) is 0 Å². The van der Waals surface area contributed by atoms with E-state index in [-0.39, 0.29) is 38.0 Å². The SMILES string of the molecule is CC[C@H]1OC(=O)[C@@H]2CO[C@]3(C[C@@](C)(OC)[C@H](O)[C@@H](C)O3)O[C@H]2[C@H](C)[C@@H](O[C@H]2O[C@@H](C)C[C@@H](N(C)C)[C@@H]2O)[C@](C)(O)C[C@@H](C)C(=O)[C@H](C)[C@@H](O)[C@]1(C)O. The minimum absolute atomic E-state index is 0.0939. The van der Waals surface area contributed by atoms with Crippen molar-refractivity contribution in [3.05, 3.63) is 0 Å². The van der Waals surface area contributed by atoms with Crippen LogP contribution in [0.4, 0.5) is 0 Å². The lowest BCUT2D eigenvalue weighted by molar-refractivity contribution is -0.474. The van der Waals surface area contributed by atoms with Crippen LogP contribution < -0.4 is 0 Å². The molecule has 15 nitrogen and oxygen atoms in total. The summed E-state index contributed by atoms with van der Waals surface area (Å²) in [5.41, 5.74) is -5.03. The number of carbonyl (C=O) groups excluding carboxylic acids is 2. The number of Topliss-reactive ketones (excluding diaryl/α,β-unsaturated/α-hetero) is 1. The van der Waals surface area contributed by atoms with Crippen molar-refractivity contribution in [3.63, 3.8) is 0 Å². The smallest absolute Gasteiger partial charge is 0.314 e. The van der Waals surface area contributed by atoms with Crippen LogP contribution in [-0.4, -0.2) is 154 Å². The third kappa shape index (κ3) is 8.41. The van der Waals surface area contributed by atoms with Crippen molar-refractivity contribution in [1.82, 2.24) is 4.90 Å². The predicted molar refractivity (Wildman–Crippen MR) is 185 cm³/mol. The molecule has 4 heterocycles. The van der Waals surface area contributed by atoms with Gasteiger partial charge in [0.1, 0.15) is 41.2 Å². The topological polar surface area (TPSA) is 203 Å². The molecule has 4 fully saturated rings. The third-order valence-electron chi connectivity index (χ3n) is 12.1. The molecule has 18 atom stereocenters. The number of aliphatic hydroxyl groups excluding tert-OH is 3. The molecule has 0 bridgehead atoms. The van der Waals surface area contributed by atoms with E-state index in [1.807, 2.05) is 25.9 Å². The van der Waals surface area contributed by atoms with Gasteiger partial charge in [-0.05, 0) is 68.0 Å². The highest BCUT2D eigenvalue weighted by Crippen LogP contribution is 2.47. The van der Waals surface area contributed by atoms with Gasteiger partial charge < -0.3 is 63.6 Å². The Morgan fingerprint density at radius 2 is 1.60 bits per heavy atom. The lowest BCUT2D eigenvalue weighted by Gasteiger charge is -2.55. The molecule has 4 aliphatic heterocycles. The molecule has 15 heteroatoms. The zero-order valence-electron chi connectivity index (χ0n) is 33.0. The first-order valence-electron chi connectivity index (χ1n) is 18.7. The van der Waals surface area contributed by atoms with Crippen molar-refractivity contribution in [2.75, 3.05) is 27.8 Å². The summed E-state index contributed by atoms with van der Waals surface area (Å²) in [5.74, 6) is -7.05. The van der Waals surface area contributed by atoms with Crippen molar-refractivity contribution in [3.8, 4) is 0 Å². The molecule has 0 aromatic rings. The lowest BCUT2D eigenvalue weighted by Crippen LogP contribution is -2.67. The molecule has 0 radical (unpaired) electrons. The Bertz CT molecular complexity index is 1250. The summed E-state index contributed by atoms with van der Waals surface area (Å²) < 4.78 is 43.5. The number of esters is 1. The van der Waals surface area contributed by atoms with Crippen LogP contribution >= 0.6 is 0 Å². The monoisotopic (exact) mass is 747 g/mol. The summed E-state index contributed by atoms with van der Waals surface area (Å²) in [7, 11) is 5.14. The Morgan fingerprint density at radius 3 is 2.17 bits per heavy atom. The van der Waals surface area contributed by atoms with E-state index >= 15 is 0 Å². The summed E-state index contributed by atoms with van der Waals surface area (Å²) in [6.07, 6.45) is -9.39. The van der Waals surface area contributed by atoms with E-state index in [1.54, 1.807) is 34.6 Å².